The van der Waals surface area contributed by atoms with E-state index in [9.17, 15) is 9.18 Å². The largest absolute Gasteiger partial charge is 0.352 e. The van der Waals surface area contributed by atoms with Gasteiger partial charge < -0.3 is 5.32 Å². The van der Waals surface area contributed by atoms with Crippen molar-refractivity contribution in [2.24, 2.45) is 5.92 Å². The van der Waals surface area contributed by atoms with Crippen molar-refractivity contribution in [3.8, 4) is 0 Å². The van der Waals surface area contributed by atoms with Crippen molar-refractivity contribution < 1.29 is 9.18 Å². The molecule has 2 nitrogen and oxygen atoms in total. The summed E-state index contributed by atoms with van der Waals surface area (Å²) < 4.78 is 14.0. The van der Waals surface area contributed by atoms with E-state index in [-0.39, 0.29) is 16.8 Å². The van der Waals surface area contributed by atoms with Gasteiger partial charge in [-0.2, -0.15) is 0 Å². The molecule has 1 aromatic rings. The Labute approximate surface area is 119 Å². The number of amides is 1. The minimum atomic E-state index is -0.517. The minimum absolute atomic E-state index is 0.0739. The van der Waals surface area contributed by atoms with Crippen LogP contribution in [0.1, 0.15) is 29.6 Å². The van der Waals surface area contributed by atoms with E-state index < -0.39 is 5.82 Å². The second kappa shape index (κ2) is 6.02. The van der Waals surface area contributed by atoms with Gasteiger partial charge >= 0.3 is 0 Å². The lowest BCUT2D eigenvalue weighted by molar-refractivity contribution is 0.0943. The van der Waals surface area contributed by atoms with E-state index in [1.54, 1.807) is 12.1 Å². The lowest BCUT2D eigenvalue weighted by Gasteiger charge is -2.11. The number of nitrogens with one attached hydrogen (secondary N) is 1. The molecule has 1 amide bonds. The molecule has 0 heterocycles. The van der Waals surface area contributed by atoms with Crippen LogP contribution in [-0.4, -0.2) is 17.8 Å². The summed E-state index contributed by atoms with van der Waals surface area (Å²) in [7, 11) is 0. The second-order valence-electron chi connectivity index (χ2n) is 4.59. The highest BCUT2D eigenvalue weighted by molar-refractivity contribution is 9.10. The molecule has 0 aliphatic heterocycles. The van der Waals surface area contributed by atoms with Gasteiger partial charge in [-0.15, -0.1) is 11.6 Å². The molecule has 2 unspecified atom stereocenters. The molecule has 0 saturated heterocycles. The summed E-state index contributed by atoms with van der Waals surface area (Å²) in [5, 5.41) is 2.99. The summed E-state index contributed by atoms with van der Waals surface area (Å²) in [6.07, 6.45) is 2.94. The van der Waals surface area contributed by atoms with E-state index in [0.29, 0.717) is 16.9 Å². The predicted octanol–water partition coefficient (Wildman–Crippen LogP) is 3.73. The monoisotopic (exact) mass is 333 g/mol. The zero-order valence-electron chi connectivity index (χ0n) is 9.76. The summed E-state index contributed by atoms with van der Waals surface area (Å²) in [4.78, 5) is 11.9. The Morgan fingerprint density at radius 2 is 2.28 bits per heavy atom. The van der Waals surface area contributed by atoms with E-state index in [0.717, 1.165) is 19.3 Å². The average molecular weight is 335 g/mol. The van der Waals surface area contributed by atoms with Crippen LogP contribution in [0.5, 0.6) is 0 Å². The predicted molar refractivity (Wildman–Crippen MR) is 73.4 cm³/mol. The van der Waals surface area contributed by atoms with Crippen LogP contribution < -0.4 is 5.32 Å². The Bertz CT molecular complexity index is 455. The van der Waals surface area contributed by atoms with Gasteiger partial charge in [0.15, 0.2) is 0 Å². The van der Waals surface area contributed by atoms with E-state index in [1.165, 1.54) is 6.07 Å². The molecule has 2 rings (SSSR count). The highest BCUT2D eigenvalue weighted by Crippen LogP contribution is 2.28. The molecule has 1 aromatic carbocycles. The zero-order valence-corrected chi connectivity index (χ0v) is 12.1. The van der Waals surface area contributed by atoms with Crippen molar-refractivity contribution >= 4 is 33.4 Å². The fraction of sp³-hybridized carbons (Fsp3) is 0.462. The summed E-state index contributed by atoms with van der Waals surface area (Å²) in [6.45, 7) is 0.563. The molecule has 5 heteroatoms. The Morgan fingerprint density at radius 1 is 1.50 bits per heavy atom. The first-order chi connectivity index (χ1) is 8.58. The van der Waals surface area contributed by atoms with Crippen LogP contribution in [0, 0.1) is 11.7 Å². The number of hydrogen-bond acceptors (Lipinski definition) is 1. The third-order valence-corrected chi connectivity index (χ3v) is 4.23. The van der Waals surface area contributed by atoms with Gasteiger partial charge in [0.1, 0.15) is 5.82 Å². The average Bonchev–Trinajstić information content (AvgIpc) is 2.76. The minimum Gasteiger partial charge on any atom is -0.352 e. The van der Waals surface area contributed by atoms with Crippen molar-refractivity contribution in [1.29, 1.82) is 0 Å². The van der Waals surface area contributed by atoms with Crippen LogP contribution >= 0.6 is 27.5 Å². The third kappa shape index (κ3) is 3.23. The van der Waals surface area contributed by atoms with Crippen molar-refractivity contribution in [3.05, 3.63) is 34.1 Å². The molecule has 18 heavy (non-hydrogen) atoms. The molecular weight excluding hydrogens is 321 g/mol. The molecule has 2 atom stereocenters. The molecule has 1 aliphatic rings. The summed E-state index contributed by atoms with van der Waals surface area (Å²) in [6, 6.07) is 4.70. The van der Waals surface area contributed by atoms with Gasteiger partial charge in [0.05, 0.1) is 10.0 Å². The smallest absolute Gasteiger partial charge is 0.254 e. The second-order valence-corrected chi connectivity index (χ2v) is 6.06. The van der Waals surface area contributed by atoms with Crippen LogP contribution in [0.15, 0.2) is 22.7 Å². The number of carbonyl (C=O) groups excluding carboxylic acids is 1. The zero-order chi connectivity index (χ0) is 13.1. The van der Waals surface area contributed by atoms with Crippen molar-refractivity contribution in [1.82, 2.24) is 5.32 Å². The number of alkyl halides is 1. The van der Waals surface area contributed by atoms with Gasteiger partial charge in [-0.05, 0) is 53.2 Å². The van der Waals surface area contributed by atoms with Gasteiger partial charge in [0.25, 0.3) is 5.91 Å². The van der Waals surface area contributed by atoms with Crippen LogP contribution in [0.4, 0.5) is 4.39 Å². The number of hydrogen-bond donors (Lipinski definition) is 1. The molecule has 1 fully saturated rings. The van der Waals surface area contributed by atoms with Crippen LogP contribution in [0.25, 0.3) is 0 Å². The van der Waals surface area contributed by atoms with Gasteiger partial charge in [0, 0.05) is 11.9 Å². The molecule has 0 radical (unpaired) electrons. The number of rotatable bonds is 3. The number of benzene rings is 1. The lowest BCUT2D eigenvalue weighted by atomic mass is 10.1. The summed E-state index contributed by atoms with van der Waals surface area (Å²) in [5.41, 5.74) is 0.0739. The maximum atomic E-state index is 13.7. The lowest BCUT2D eigenvalue weighted by Crippen LogP contribution is -2.29. The molecule has 0 aromatic heterocycles. The molecule has 1 saturated carbocycles. The molecule has 1 aliphatic carbocycles. The van der Waals surface area contributed by atoms with E-state index in [1.807, 2.05) is 0 Å². The SMILES string of the molecule is O=C(NCC1CCC(Cl)C1)c1cccc(Br)c1F. The van der Waals surface area contributed by atoms with Gasteiger partial charge in [-0.3, -0.25) is 4.79 Å². The standard InChI is InChI=1S/C13H14BrClFNO/c14-11-3-1-2-10(12(11)16)13(18)17-7-8-4-5-9(15)6-8/h1-3,8-9H,4-7H2,(H,17,18). The highest BCUT2D eigenvalue weighted by Gasteiger charge is 2.23. The Hall–Kier alpha value is -0.610. The summed E-state index contributed by atoms with van der Waals surface area (Å²) >= 11 is 9.07. The topological polar surface area (TPSA) is 29.1 Å². The third-order valence-electron chi connectivity index (χ3n) is 3.22. The Kier molecular flexibility index (Phi) is 4.62. The van der Waals surface area contributed by atoms with Crippen molar-refractivity contribution in [3.63, 3.8) is 0 Å². The van der Waals surface area contributed by atoms with Crippen molar-refractivity contribution in [2.75, 3.05) is 6.54 Å². The van der Waals surface area contributed by atoms with E-state index in [2.05, 4.69) is 21.2 Å². The molecule has 1 N–H and O–H groups in total. The molecular formula is C13H14BrClFNO. The van der Waals surface area contributed by atoms with Gasteiger partial charge in [0.2, 0.25) is 0 Å². The maximum Gasteiger partial charge on any atom is 0.254 e. The Morgan fingerprint density at radius 3 is 2.94 bits per heavy atom. The Balaban J connectivity index is 1.94. The van der Waals surface area contributed by atoms with Crippen LogP contribution in [0.2, 0.25) is 0 Å². The van der Waals surface area contributed by atoms with Gasteiger partial charge in [-0.1, -0.05) is 6.07 Å². The summed E-state index contributed by atoms with van der Waals surface area (Å²) in [5.74, 6) is -0.477. The quantitative estimate of drug-likeness (QED) is 0.839. The molecule has 0 bridgehead atoms. The maximum absolute atomic E-state index is 13.7. The van der Waals surface area contributed by atoms with Gasteiger partial charge in [-0.25, -0.2) is 4.39 Å². The van der Waals surface area contributed by atoms with Crippen molar-refractivity contribution in [2.45, 2.75) is 24.6 Å². The molecule has 0 spiro atoms. The highest BCUT2D eigenvalue weighted by atomic mass is 79.9. The first-order valence-corrected chi connectivity index (χ1v) is 7.17. The van der Waals surface area contributed by atoms with Crippen LogP contribution in [-0.2, 0) is 0 Å². The molecule has 98 valence electrons. The normalized spacial score (nSPS) is 23.1. The van der Waals surface area contributed by atoms with E-state index in [4.69, 9.17) is 11.6 Å². The first-order valence-electron chi connectivity index (χ1n) is 5.94. The van der Waals surface area contributed by atoms with E-state index >= 15 is 0 Å². The number of carbonyl (C=O) groups is 1. The number of halogens is 3. The van der Waals surface area contributed by atoms with Crippen LogP contribution in [0.3, 0.4) is 0 Å². The first kappa shape index (κ1) is 13.8. The fourth-order valence-corrected chi connectivity index (χ4v) is 2.95. The fourth-order valence-electron chi connectivity index (χ4n) is 2.21.